The van der Waals surface area contributed by atoms with Crippen molar-refractivity contribution in [2.75, 3.05) is 11.9 Å². The Labute approximate surface area is 178 Å². The largest absolute Gasteiger partial charge is 0.483 e. The van der Waals surface area contributed by atoms with Crippen molar-refractivity contribution in [1.82, 2.24) is 4.90 Å². The van der Waals surface area contributed by atoms with E-state index < -0.39 is 0 Å². The van der Waals surface area contributed by atoms with Crippen LogP contribution in [0.4, 0.5) is 5.69 Å². The Morgan fingerprint density at radius 1 is 1.17 bits per heavy atom. The Balaban J connectivity index is 1.58. The van der Waals surface area contributed by atoms with E-state index in [0.717, 1.165) is 30.5 Å². The number of benzene rings is 2. The maximum Gasteiger partial charge on any atom is 0.261 e. The first-order valence-electron chi connectivity index (χ1n) is 10.7. The molecule has 158 valence electrons. The predicted octanol–water partition coefficient (Wildman–Crippen LogP) is 4.86. The van der Waals surface area contributed by atoms with Crippen LogP contribution in [0.15, 0.2) is 42.5 Å². The molecule has 30 heavy (non-hydrogen) atoms. The van der Waals surface area contributed by atoms with Gasteiger partial charge in [-0.25, -0.2) is 0 Å². The second kappa shape index (κ2) is 8.13. The summed E-state index contributed by atoms with van der Waals surface area (Å²) in [4.78, 5) is 27.2. The number of carbonyl (C=O) groups excluding carboxylic acids is 2. The van der Waals surface area contributed by atoms with Crippen molar-refractivity contribution in [3.8, 4) is 5.75 Å². The zero-order valence-electron chi connectivity index (χ0n) is 18.0. The molecule has 1 aliphatic carbocycles. The van der Waals surface area contributed by atoms with E-state index >= 15 is 0 Å². The van der Waals surface area contributed by atoms with Gasteiger partial charge < -0.3 is 15.0 Å². The zero-order valence-corrected chi connectivity index (χ0v) is 18.0. The third-order valence-electron chi connectivity index (χ3n) is 5.76. The molecule has 1 N–H and O–H groups in total. The predicted molar refractivity (Wildman–Crippen MR) is 117 cm³/mol. The number of hydrogen-bond acceptors (Lipinski definition) is 3. The summed E-state index contributed by atoms with van der Waals surface area (Å²) in [6.07, 6.45) is 3.54. The summed E-state index contributed by atoms with van der Waals surface area (Å²) in [5, 5.41) is 2.99. The van der Waals surface area contributed by atoms with Crippen molar-refractivity contribution in [2.24, 2.45) is 5.41 Å². The first-order chi connectivity index (χ1) is 14.3. The lowest BCUT2D eigenvalue weighted by Gasteiger charge is -2.35. The van der Waals surface area contributed by atoms with E-state index in [4.69, 9.17) is 4.74 Å². The van der Waals surface area contributed by atoms with Gasteiger partial charge in [0.25, 0.3) is 5.91 Å². The Kier molecular flexibility index (Phi) is 5.54. The number of hydrogen-bond donors (Lipinski definition) is 1. The second-order valence-electron chi connectivity index (χ2n) is 9.53. The van der Waals surface area contributed by atoms with Crippen molar-refractivity contribution in [3.05, 3.63) is 59.2 Å². The van der Waals surface area contributed by atoms with Gasteiger partial charge in [0.05, 0.1) is 12.6 Å². The van der Waals surface area contributed by atoms with Crippen LogP contribution in [0.1, 0.15) is 62.8 Å². The highest BCUT2D eigenvalue weighted by atomic mass is 16.5. The molecule has 5 heteroatoms. The van der Waals surface area contributed by atoms with Gasteiger partial charge in [0.1, 0.15) is 5.75 Å². The summed E-state index contributed by atoms with van der Waals surface area (Å²) >= 11 is 0. The minimum absolute atomic E-state index is 0.00576. The molecule has 2 aromatic carbocycles. The number of rotatable bonds is 3. The molecule has 0 aromatic heterocycles. The molecule has 0 bridgehead atoms. The summed E-state index contributed by atoms with van der Waals surface area (Å²) in [6.45, 7) is 6.66. The van der Waals surface area contributed by atoms with Crippen LogP contribution in [0.5, 0.6) is 5.75 Å². The Hall–Kier alpha value is -2.82. The van der Waals surface area contributed by atoms with Crippen LogP contribution in [0.25, 0.3) is 0 Å². The van der Waals surface area contributed by atoms with E-state index in [1.54, 1.807) is 0 Å². The number of anilines is 1. The topological polar surface area (TPSA) is 58.6 Å². The van der Waals surface area contributed by atoms with Gasteiger partial charge in [-0.05, 0) is 54.0 Å². The Morgan fingerprint density at radius 3 is 2.77 bits per heavy atom. The normalized spacial score (nSPS) is 18.7. The highest BCUT2D eigenvalue weighted by molar-refractivity contribution is 5.91. The summed E-state index contributed by atoms with van der Waals surface area (Å²) in [7, 11) is 0. The third-order valence-corrected chi connectivity index (χ3v) is 5.76. The molecule has 0 spiro atoms. The minimum atomic E-state index is -0.0729. The van der Waals surface area contributed by atoms with Gasteiger partial charge in [0, 0.05) is 17.7 Å². The van der Waals surface area contributed by atoms with Gasteiger partial charge in [0.15, 0.2) is 6.61 Å². The standard InChI is InChI=1S/C25H30N2O3/c1-25(2,3)14-23(28)26-19-11-12-22-18(13-19)15-27(24(29)16-30-22)21-10-6-8-17-7-4-5-9-20(17)21/h4-5,7,9,11-13,21H,6,8,10,14-16H2,1-3H3,(H,26,28). The fourth-order valence-electron chi connectivity index (χ4n) is 4.44. The number of nitrogens with one attached hydrogen (secondary N) is 1. The molecular weight excluding hydrogens is 376 g/mol. The number of carbonyl (C=O) groups is 2. The number of fused-ring (bicyclic) bond motifs is 2. The number of aryl methyl sites for hydroxylation is 1. The van der Waals surface area contributed by atoms with Crippen molar-refractivity contribution in [3.63, 3.8) is 0 Å². The monoisotopic (exact) mass is 406 g/mol. The number of amides is 2. The Bertz CT molecular complexity index is 961. The SMILES string of the molecule is CC(C)(C)CC(=O)Nc1ccc2c(c1)CN(C1CCCc3ccccc31)C(=O)CO2. The van der Waals surface area contributed by atoms with Crippen molar-refractivity contribution in [2.45, 2.75) is 59.0 Å². The summed E-state index contributed by atoms with van der Waals surface area (Å²) in [6, 6.07) is 14.1. The molecule has 1 unspecified atom stereocenters. The first kappa shape index (κ1) is 20.5. The van der Waals surface area contributed by atoms with Gasteiger partial charge in [-0.2, -0.15) is 0 Å². The van der Waals surface area contributed by atoms with E-state index in [1.807, 2.05) is 49.9 Å². The molecule has 2 amide bonds. The minimum Gasteiger partial charge on any atom is -0.483 e. The van der Waals surface area contributed by atoms with Crippen LogP contribution in [-0.4, -0.2) is 23.3 Å². The van der Waals surface area contributed by atoms with Crippen molar-refractivity contribution in [1.29, 1.82) is 0 Å². The van der Waals surface area contributed by atoms with E-state index in [9.17, 15) is 9.59 Å². The van der Waals surface area contributed by atoms with Crippen LogP contribution in [0.2, 0.25) is 0 Å². The lowest BCUT2D eigenvalue weighted by molar-refractivity contribution is -0.136. The molecule has 4 rings (SSSR count). The maximum atomic E-state index is 12.9. The highest BCUT2D eigenvalue weighted by Gasteiger charge is 2.32. The smallest absolute Gasteiger partial charge is 0.261 e. The molecule has 1 atom stereocenters. The van der Waals surface area contributed by atoms with Gasteiger partial charge in [-0.1, -0.05) is 45.0 Å². The van der Waals surface area contributed by atoms with Crippen LogP contribution in [0, 0.1) is 5.41 Å². The number of ether oxygens (including phenoxy) is 1. The van der Waals surface area contributed by atoms with E-state index in [1.165, 1.54) is 11.1 Å². The van der Waals surface area contributed by atoms with Gasteiger partial charge >= 0.3 is 0 Å². The van der Waals surface area contributed by atoms with Gasteiger partial charge in [-0.3, -0.25) is 9.59 Å². The lowest BCUT2D eigenvalue weighted by atomic mass is 9.86. The van der Waals surface area contributed by atoms with E-state index in [2.05, 4.69) is 23.5 Å². The van der Waals surface area contributed by atoms with Crippen molar-refractivity contribution < 1.29 is 14.3 Å². The third kappa shape index (κ3) is 4.50. The zero-order chi connectivity index (χ0) is 21.3. The molecule has 0 saturated carbocycles. The fourth-order valence-corrected chi connectivity index (χ4v) is 4.44. The molecule has 5 nitrogen and oxygen atoms in total. The molecule has 0 fully saturated rings. The molecule has 0 radical (unpaired) electrons. The van der Waals surface area contributed by atoms with Crippen LogP contribution < -0.4 is 10.1 Å². The molecule has 1 heterocycles. The van der Waals surface area contributed by atoms with Crippen LogP contribution in [0.3, 0.4) is 0 Å². The van der Waals surface area contributed by atoms with E-state index in [-0.39, 0.29) is 29.9 Å². The summed E-state index contributed by atoms with van der Waals surface area (Å²) < 4.78 is 5.81. The van der Waals surface area contributed by atoms with Crippen molar-refractivity contribution >= 4 is 17.5 Å². The van der Waals surface area contributed by atoms with Gasteiger partial charge in [-0.15, -0.1) is 0 Å². The average Bonchev–Trinajstić information content (AvgIpc) is 2.85. The molecule has 2 aromatic rings. The molecular formula is C25H30N2O3. The van der Waals surface area contributed by atoms with E-state index in [0.29, 0.717) is 18.7 Å². The second-order valence-corrected chi connectivity index (χ2v) is 9.53. The molecule has 2 aliphatic rings. The maximum absolute atomic E-state index is 12.9. The molecule has 1 aliphatic heterocycles. The van der Waals surface area contributed by atoms with Crippen LogP contribution >= 0.6 is 0 Å². The fraction of sp³-hybridized carbons (Fsp3) is 0.440. The van der Waals surface area contributed by atoms with Gasteiger partial charge in [0.2, 0.25) is 5.91 Å². The summed E-state index contributed by atoms with van der Waals surface area (Å²) in [5.41, 5.74) is 4.17. The molecule has 0 saturated heterocycles. The quantitative estimate of drug-likeness (QED) is 0.792. The average molecular weight is 407 g/mol. The summed E-state index contributed by atoms with van der Waals surface area (Å²) in [5.74, 6) is 0.709. The van der Waals surface area contributed by atoms with Crippen LogP contribution in [-0.2, 0) is 22.6 Å². The lowest BCUT2D eigenvalue weighted by Crippen LogP contribution is -2.37. The first-order valence-corrected chi connectivity index (χ1v) is 10.7. The highest BCUT2D eigenvalue weighted by Crippen LogP contribution is 2.37. The number of nitrogens with zero attached hydrogens (tertiary/aromatic N) is 1. The Morgan fingerprint density at radius 2 is 1.97 bits per heavy atom.